The van der Waals surface area contributed by atoms with Crippen LogP contribution in [0.25, 0.3) is 11.3 Å². The number of anilines is 2. The lowest BCUT2D eigenvalue weighted by atomic mass is 10.2. The van der Waals surface area contributed by atoms with Crippen LogP contribution in [0.4, 0.5) is 24.0 Å². The van der Waals surface area contributed by atoms with Gasteiger partial charge in [-0.2, -0.15) is 13.2 Å². The van der Waals surface area contributed by atoms with Crippen LogP contribution in [0.2, 0.25) is 5.02 Å². The van der Waals surface area contributed by atoms with Crippen LogP contribution in [0.1, 0.15) is 5.56 Å². The van der Waals surface area contributed by atoms with E-state index >= 15 is 0 Å². The number of nitrogens with zero attached hydrogens (tertiary/aromatic N) is 3. The fraction of sp³-hybridized carbons (Fsp3) is 0.333. The van der Waals surface area contributed by atoms with Crippen molar-refractivity contribution in [3.05, 3.63) is 64.5 Å². The first kappa shape index (κ1) is 26.9. The van der Waals surface area contributed by atoms with Gasteiger partial charge >= 0.3 is 12.1 Å². The molecule has 0 unspecified atom stereocenters. The molecule has 35 heavy (non-hydrogen) atoms. The standard InChI is InChI=1S/C24H25ClF3N3O3S/c1-31(2,15-22(32)33)10-12-34-11-9-30(20-8-4-6-18(14-20)24(26,27)28)23-29-21(16-35-23)17-5-3-7-19(25)13-17/h3-8,13-14,16H,9-12,15H2,1-2H3/p+1. The number of aromatic nitrogens is 1. The van der Waals surface area contributed by atoms with E-state index in [1.54, 1.807) is 43.3 Å². The Morgan fingerprint density at radius 3 is 2.60 bits per heavy atom. The summed E-state index contributed by atoms with van der Waals surface area (Å²) in [6, 6.07) is 12.3. The molecule has 0 radical (unpaired) electrons. The van der Waals surface area contributed by atoms with Crippen LogP contribution in [-0.2, 0) is 15.7 Å². The summed E-state index contributed by atoms with van der Waals surface area (Å²) in [7, 11) is 3.58. The van der Waals surface area contributed by atoms with E-state index in [-0.39, 0.29) is 24.2 Å². The van der Waals surface area contributed by atoms with Gasteiger partial charge in [-0.15, -0.1) is 11.3 Å². The average molecular weight is 529 g/mol. The van der Waals surface area contributed by atoms with Gasteiger partial charge in [0.25, 0.3) is 0 Å². The molecule has 0 aliphatic heterocycles. The summed E-state index contributed by atoms with van der Waals surface area (Å²) in [5.74, 6) is -0.898. The van der Waals surface area contributed by atoms with Crippen molar-refractivity contribution in [1.29, 1.82) is 0 Å². The maximum atomic E-state index is 13.3. The normalized spacial score (nSPS) is 12.1. The van der Waals surface area contributed by atoms with Crippen LogP contribution >= 0.6 is 22.9 Å². The minimum atomic E-state index is -4.47. The highest BCUT2D eigenvalue weighted by Gasteiger charge is 2.31. The third kappa shape index (κ3) is 7.93. The second-order valence-corrected chi connectivity index (χ2v) is 9.82. The van der Waals surface area contributed by atoms with Crippen LogP contribution in [0.5, 0.6) is 0 Å². The van der Waals surface area contributed by atoms with Crippen molar-refractivity contribution < 1.29 is 32.3 Å². The van der Waals surface area contributed by atoms with Gasteiger partial charge in [0.15, 0.2) is 11.7 Å². The number of quaternary nitrogens is 1. The molecule has 0 amide bonds. The maximum Gasteiger partial charge on any atom is 0.416 e. The summed E-state index contributed by atoms with van der Waals surface area (Å²) < 4.78 is 46.0. The fourth-order valence-corrected chi connectivity index (χ4v) is 4.44. The molecule has 0 aliphatic rings. The molecule has 1 heterocycles. The molecule has 1 N–H and O–H groups in total. The van der Waals surface area contributed by atoms with Gasteiger partial charge in [-0.05, 0) is 30.3 Å². The van der Waals surface area contributed by atoms with E-state index in [9.17, 15) is 18.0 Å². The SMILES string of the molecule is C[N+](C)(CCOCCN(c1cccc(C(F)(F)F)c1)c1nc(-c2cccc(Cl)c2)cs1)CC(=O)O. The molecule has 11 heteroatoms. The molecule has 6 nitrogen and oxygen atoms in total. The molecular weight excluding hydrogens is 503 g/mol. The molecule has 188 valence electrons. The predicted molar refractivity (Wildman–Crippen MR) is 131 cm³/mol. The zero-order valence-electron chi connectivity index (χ0n) is 19.3. The van der Waals surface area contributed by atoms with Crippen LogP contribution in [0.15, 0.2) is 53.9 Å². The van der Waals surface area contributed by atoms with Crippen LogP contribution in [0, 0.1) is 0 Å². The summed E-state index contributed by atoms with van der Waals surface area (Å²) in [6.45, 7) is 1.23. The van der Waals surface area contributed by atoms with Gasteiger partial charge in [0.05, 0.1) is 38.6 Å². The van der Waals surface area contributed by atoms with Crippen LogP contribution in [-0.4, -0.2) is 67.5 Å². The number of carboxylic acids is 1. The Balaban J connectivity index is 1.78. The lowest BCUT2D eigenvalue weighted by Gasteiger charge is -2.28. The van der Waals surface area contributed by atoms with Gasteiger partial charge in [0.1, 0.15) is 6.54 Å². The topological polar surface area (TPSA) is 62.7 Å². The Morgan fingerprint density at radius 2 is 1.91 bits per heavy atom. The monoisotopic (exact) mass is 528 g/mol. The molecule has 0 saturated heterocycles. The number of ether oxygens (including phenoxy) is 1. The highest BCUT2D eigenvalue weighted by atomic mass is 35.5. The van der Waals surface area contributed by atoms with Crippen molar-refractivity contribution in [2.75, 3.05) is 51.8 Å². The van der Waals surface area contributed by atoms with E-state index in [1.807, 2.05) is 11.4 Å². The molecule has 1 aromatic heterocycles. The zero-order chi connectivity index (χ0) is 25.6. The lowest BCUT2D eigenvalue weighted by Crippen LogP contribution is -2.46. The van der Waals surface area contributed by atoms with Gasteiger partial charge in [-0.25, -0.2) is 9.78 Å². The third-order valence-corrected chi connectivity index (χ3v) is 6.29. The van der Waals surface area contributed by atoms with Crippen molar-refractivity contribution in [3.63, 3.8) is 0 Å². The summed E-state index contributed by atoms with van der Waals surface area (Å²) in [5.41, 5.74) is 1.06. The van der Waals surface area contributed by atoms with Gasteiger partial charge in [0.2, 0.25) is 0 Å². The number of carbonyl (C=O) groups is 1. The number of rotatable bonds is 11. The van der Waals surface area contributed by atoms with Crippen LogP contribution < -0.4 is 4.90 Å². The molecule has 3 rings (SSSR count). The van der Waals surface area contributed by atoms with Gasteiger partial charge in [0, 0.05) is 28.2 Å². The average Bonchev–Trinajstić information content (AvgIpc) is 3.25. The first-order valence-corrected chi connectivity index (χ1v) is 12.0. The molecule has 2 aromatic carbocycles. The van der Waals surface area contributed by atoms with E-state index in [0.717, 1.165) is 17.7 Å². The van der Waals surface area contributed by atoms with Gasteiger partial charge < -0.3 is 19.2 Å². The number of alkyl halides is 3. The zero-order valence-corrected chi connectivity index (χ0v) is 20.8. The Labute approximate surface area is 210 Å². The maximum absolute atomic E-state index is 13.3. The molecular formula is C24H26ClF3N3O3S+. The Morgan fingerprint density at radius 1 is 1.17 bits per heavy atom. The molecule has 0 atom stereocenters. The number of aliphatic carboxylic acids is 1. The van der Waals surface area contributed by atoms with Crippen LogP contribution in [0.3, 0.4) is 0 Å². The summed E-state index contributed by atoms with van der Waals surface area (Å²) in [6.07, 6.45) is -4.47. The quantitative estimate of drug-likeness (QED) is 0.252. The first-order valence-electron chi connectivity index (χ1n) is 10.7. The summed E-state index contributed by atoms with van der Waals surface area (Å²) in [5, 5.41) is 11.9. The molecule has 0 bridgehead atoms. The van der Waals surface area contributed by atoms with Gasteiger partial charge in [-0.1, -0.05) is 29.8 Å². The number of likely N-dealkylation sites (N-methyl/N-ethyl adjacent to an activating group) is 1. The lowest BCUT2D eigenvalue weighted by molar-refractivity contribution is -0.883. The van der Waals surface area contributed by atoms with E-state index < -0.39 is 17.7 Å². The minimum Gasteiger partial charge on any atom is -0.477 e. The van der Waals surface area contributed by atoms with Crippen molar-refractivity contribution in [2.24, 2.45) is 0 Å². The van der Waals surface area contributed by atoms with Crippen molar-refractivity contribution in [2.45, 2.75) is 6.18 Å². The highest BCUT2D eigenvalue weighted by molar-refractivity contribution is 7.14. The van der Waals surface area contributed by atoms with Crippen molar-refractivity contribution >= 4 is 39.7 Å². The predicted octanol–water partition coefficient (Wildman–Crippen LogP) is 5.80. The Kier molecular flexibility index (Phi) is 8.76. The summed E-state index contributed by atoms with van der Waals surface area (Å²) in [4.78, 5) is 17.3. The van der Waals surface area contributed by atoms with E-state index in [1.165, 1.54) is 17.4 Å². The summed E-state index contributed by atoms with van der Waals surface area (Å²) >= 11 is 7.39. The van der Waals surface area contributed by atoms with Crippen molar-refractivity contribution in [1.82, 2.24) is 4.98 Å². The fourth-order valence-electron chi connectivity index (χ4n) is 3.37. The second kappa shape index (κ2) is 11.4. The minimum absolute atomic E-state index is 0.0366. The number of hydrogen-bond acceptors (Lipinski definition) is 5. The molecule has 0 aliphatic carbocycles. The van der Waals surface area contributed by atoms with E-state index in [4.69, 9.17) is 21.4 Å². The largest absolute Gasteiger partial charge is 0.477 e. The third-order valence-electron chi connectivity index (χ3n) is 5.19. The molecule has 0 fully saturated rings. The molecule has 0 saturated carbocycles. The Bertz CT molecular complexity index is 1150. The van der Waals surface area contributed by atoms with Crippen molar-refractivity contribution in [3.8, 4) is 11.3 Å². The number of carboxylic acid groups (broad SMARTS) is 1. The number of benzene rings is 2. The number of hydrogen-bond donors (Lipinski definition) is 1. The van der Waals surface area contributed by atoms with Gasteiger partial charge in [-0.3, -0.25) is 0 Å². The first-order chi connectivity index (χ1) is 16.4. The number of thiazole rings is 1. The van der Waals surface area contributed by atoms with E-state index in [0.29, 0.717) is 34.7 Å². The van der Waals surface area contributed by atoms with E-state index in [2.05, 4.69) is 4.98 Å². The number of halogens is 4. The molecule has 0 spiro atoms. The smallest absolute Gasteiger partial charge is 0.416 e. The highest BCUT2D eigenvalue weighted by Crippen LogP contribution is 2.36. The molecule has 3 aromatic rings. The Hall–Kier alpha value is -2.66. The second-order valence-electron chi connectivity index (χ2n) is 8.55.